The minimum atomic E-state index is -0.352. The molecule has 0 aliphatic carbocycles. The summed E-state index contributed by atoms with van der Waals surface area (Å²) in [5.74, 6) is 0.668. The zero-order chi connectivity index (χ0) is 14.9. The van der Waals surface area contributed by atoms with Crippen LogP contribution in [0.4, 0.5) is 4.39 Å². The van der Waals surface area contributed by atoms with Crippen LogP contribution < -0.4 is 10.5 Å². The third-order valence-electron chi connectivity index (χ3n) is 2.85. The Hall–Kier alpha value is -1.29. The Bertz CT molecular complexity index is 624. The Morgan fingerprint density at radius 2 is 1.70 bits per heavy atom. The van der Waals surface area contributed by atoms with Gasteiger partial charge in [-0.3, -0.25) is 0 Å². The van der Waals surface area contributed by atoms with E-state index in [4.69, 9.17) is 33.7 Å². The molecule has 1 atom stereocenters. The Morgan fingerprint density at radius 3 is 2.25 bits per heavy atom. The number of hydrogen-bond acceptors (Lipinski definition) is 2. The van der Waals surface area contributed by atoms with Crippen LogP contribution in [-0.2, 0) is 0 Å². The van der Waals surface area contributed by atoms with Crippen molar-refractivity contribution in [1.29, 1.82) is 0 Å². The molecule has 2 aromatic carbocycles. The molecule has 1 unspecified atom stereocenters. The highest BCUT2D eigenvalue weighted by Crippen LogP contribution is 2.33. The second-order valence-electron chi connectivity index (χ2n) is 4.64. The standard InChI is InChI=1S/C15H14Cl2FNO/c1-8-3-15(13(9(2)19)7-14(8)18)20-12-5-10(16)4-11(17)6-12/h3-7,9H,19H2,1-2H3. The zero-order valence-corrected chi connectivity index (χ0v) is 12.6. The quantitative estimate of drug-likeness (QED) is 0.839. The summed E-state index contributed by atoms with van der Waals surface area (Å²) >= 11 is 11.9. The fraction of sp³-hybridized carbons (Fsp3) is 0.200. The molecule has 0 amide bonds. The maximum atomic E-state index is 13.6. The monoisotopic (exact) mass is 313 g/mol. The van der Waals surface area contributed by atoms with Gasteiger partial charge in [0.15, 0.2) is 0 Å². The number of benzene rings is 2. The molecule has 0 fully saturated rings. The van der Waals surface area contributed by atoms with Gasteiger partial charge >= 0.3 is 0 Å². The van der Waals surface area contributed by atoms with Crippen LogP contribution in [0.2, 0.25) is 10.0 Å². The normalized spacial score (nSPS) is 12.3. The Balaban J connectivity index is 2.44. The van der Waals surface area contributed by atoms with E-state index in [-0.39, 0.29) is 11.9 Å². The molecular formula is C15H14Cl2FNO. The van der Waals surface area contributed by atoms with Crippen molar-refractivity contribution in [1.82, 2.24) is 0 Å². The van der Waals surface area contributed by atoms with Gasteiger partial charge in [-0.15, -0.1) is 0 Å². The molecule has 5 heteroatoms. The van der Waals surface area contributed by atoms with Crippen molar-refractivity contribution in [2.45, 2.75) is 19.9 Å². The van der Waals surface area contributed by atoms with E-state index >= 15 is 0 Å². The van der Waals surface area contributed by atoms with Gasteiger partial charge in [0.1, 0.15) is 17.3 Å². The summed E-state index contributed by atoms with van der Waals surface area (Å²) in [5, 5.41) is 0.933. The lowest BCUT2D eigenvalue weighted by Crippen LogP contribution is -2.08. The van der Waals surface area contributed by atoms with Crippen LogP contribution in [0, 0.1) is 12.7 Å². The average Bonchev–Trinajstić information content (AvgIpc) is 2.31. The summed E-state index contributed by atoms with van der Waals surface area (Å²) < 4.78 is 19.4. The van der Waals surface area contributed by atoms with Gasteiger partial charge in [-0.2, -0.15) is 0 Å². The third-order valence-corrected chi connectivity index (χ3v) is 3.28. The Kier molecular flexibility index (Phi) is 4.53. The Labute approximate surface area is 127 Å². The molecule has 2 aromatic rings. The molecule has 0 aromatic heterocycles. The lowest BCUT2D eigenvalue weighted by atomic mass is 10.1. The van der Waals surface area contributed by atoms with Crippen molar-refractivity contribution in [3.05, 3.63) is 57.3 Å². The van der Waals surface area contributed by atoms with E-state index in [0.29, 0.717) is 32.7 Å². The number of ether oxygens (including phenoxy) is 1. The smallest absolute Gasteiger partial charge is 0.132 e. The summed E-state index contributed by atoms with van der Waals surface area (Å²) in [5.41, 5.74) is 6.92. The first-order valence-corrected chi connectivity index (χ1v) is 6.82. The van der Waals surface area contributed by atoms with Crippen LogP contribution >= 0.6 is 23.2 Å². The maximum absolute atomic E-state index is 13.6. The van der Waals surface area contributed by atoms with E-state index in [1.54, 1.807) is 38.1 Å². The molecule has 0 saturated carbocycles. The van der Waals surface area contributed by atoms with Gasteiger partial charge in [0.2, 0.25) is 0 Å². The summed E-state index contributed by atoms with van der Waals surface area (Å²) in [4.78, 5) is 0. The molecule has 0 saturated heterocycles. The molecule has 0 heterocycles. The van der Waals surface area contributed by atoms with Crippen LogP contribution in [0.25, 0.3) is 0 Å². The first-order valence-electron chi connectivity index (χ1n) is 6.06. The molecule has 20 heavy (non-hydrogen) atoms. The second-order valence-corrected chi connectivity index (χ2v) is 5.51. The molecule has 0 bridgehead atoms. The summed E-state index contributed by atoms with van der Waals surface area (Å²) in [6.07, 6.45) is 0. The SMILES string of the molecule is Cc1cc(Oc2cc(Cl)cc(Cl)c2)c(C(C)N)cc1F. The molecule has 0 aliphatic rings. The van der Waals surface area contributed by atoms with E-state index in [1.807, 2.05) is 0 Å². The number of hydrogen-bond donors (Lipinski definition) is 1. The van der Waals surface area contributed by atoms with Crippen LogP contribution in [0.5, 0.6) is 11.5 Å². The van der Waals surface area contributed by atoms with Crippen LogP contribution in [-0.4, -0.2) is 0 Å². The molecule has 0 aliphatic heterocycles. The van der Waals surface area contributed by atoms with Gasteiger partial charge in [-0.05, 0) is 49.7 Å². The van der Waals surface area contributed by atoms with E-state index in [0.717, 1.165) is 0 Å². The summed E-state index contributed by atoms with van der Waals surface area (Å²) in [7, 11) is 0. The van der Waals surface area contributed by atoms with Gasteiger partial charge in [-0.25, -0.2) is 4.39 Å². The lowest BCUT2D eigenvalue weighted by Gasteiger charge is -2.15. The van der Waals surface area contributed by atoms with Crippen LogP contribution in [0.1, 0.15) is 24.1 Å². The Morgan fingerprint density at radius 1 is 1.10 bits per heavy atom. The van der Waals surface area contributed by atoms with Crippen LogP contribution in [0.3, 0.4) is 0 Å². The van der Waals surface area contributed by atoms with Gasteiger partial charge in [0.25, 0.3) is 0 Å². The van der Waals surface area contributed by atoms with Crippen molar-refractivity contribution < 1.29 is 9.13 Å². The predicted octanol–water partition coefficient (Wildman–Crippen LogP) is 5.25. The van der Waals surface area contributed by atoms with Crippen molar-refractivity contribution >= 4 is 23.2 Å². The fourth-order valence-corrected chi connectivity index (χ4v) is 2.34. The molecule has 106 valence electrons. The van der Waals surface area contributed by atoms with Crippen molar-refractivity contribution in [3.8, 4) is 11.5 Å². The molecular weight excluding hydrogens is 300 g/mol. The van der Waals surface area contributed by atoms with E-state index < -0.39 is 0 Å². The minimum Gasteiger partial charge on any atom is -0.457 e. The maximum Gasteiger partial charge on any atom is 0.132 e. The topological polar surface area (TPSA) is 35.2 Å². The van der Waals surface area contributed by atoms with Crippen molar-refractivity contribution in [2.75, 3.05) is 0 Å². The zero-order valence-electron chi connectivity index (χ0n) is 11.1. The summed E-state index contributed by atoms with van der Waals surface area (Å²) in [6.45, 7) is 3.43. The molecule has 0 spiro atoms. The van der Waals surface area contributed by atoms with E-state index in [1.165, 1.54) is 6.07 Å². The highest BCUT2D eigenvalue weighted by Gasteiger charge is 2.13. The third kappa shape index (κ3) is 3.42. The lowest BCUT2D eigenvalue weighted by molar-refractivity contribution is 0.468. The molecule has 2 nitrogen and oxygen atoms in total. The van der Waals surface area contributed by atoms with Crippen molar-refractivity contribution in [2.24, 2.45) is 5.73 Å². The van der Waals surface area contributed by atoms with Gasteiger partial charge in [0, 0.05) is 21.7 Å². The largest absolute Gasteiger partial charge is 0.457 e. The first kappa shape index (κ1) is 15.1. The fourth-order valence-electron chi connectivity index (χ4n) is 1.83. The average molecular weight is 314 g/mol. The van der Waals surface area contributed by atoms with Crippen molar-refractivity contribution in [3.63, 3.8) is 0 Å². The number of halogens is 3. The van der Waals surface area contributed by atoms with Crippen LogP contribution in [0.15, 0.2) is 30.3 Å². The van der Waals surface area contributed by atoms with Gasteiger partial charge in [0.05, 0.1) is 0 Å². The summed E-state index contributed by atoms with van der Waals surface area (Å²) in [6, 6.07) is 7.53. The van der Waals surface area contributed by atoms with E-state index in [2.05, 4.69) is 0 Å². The number of nitrogens with two attached hydrogens (primary N) is 1. The predicted molar refractivity (Wildman–Crippen MR) is 80.3 cm³/mol. The molecule has 2 N–H and O–H groups in total. The molecule has 2 rings (SSSR count). The number of rotatable bonds is 3. The number of aryl methyl sites for hydroxylation is 1. The highest BCUT2D eigenvalue weighted by molar-refractivity contribution is 6.34. The van der Waals surface area contributed by atoms with E-state index in [9.17, 15) is 4.39 Å². The van der Waals surface area contributed by atoms with Gasteiger partial charge in [-0.1, -0.05) is 23.2 Å². The first-order chi connectivity index (χ1) is 9.36. The second kappa shape index (κ2) is 6.00. The molecule has 0 radical (unpaired) electrons. The highest BCUT2D eigenvalue weighted by atomic mass is 35.5. The minimum absolute atomic E-state index is 0.311. The van der Waals surface area contributed by atoms with Gasteiger partial charge < -0.3 is 10.5 Å².